The van der Waals surface area contributed by atoms with Gasteiger partial charge in [0.1, 0.15) is 0 Å². The molecule has 0 aromatic heterocycles. The Morgan fingerprint density at radius 1 is 1.31 bits per heavy atom. The van der Waals surface area contributed by atoms with Crippen molar-refractivity contribution in [2.75, 3.05) is 25.6 Å². The number of anilines is 1. The molecule has 1 unspecified atom stereocenters. The van der Waals surface area contributed by atoms with Crippen molar-refractivity contribution >= 4 is 11.8 Å². The fourth-order valence-corrected chi connectivity index (χ4v) is 1.34. The summed E-state index contributed by atoms with van der Waals surface area (Å²) < 4.78 is 0. The maximum atomic E-state index is 8.77. The van der Waals surface area contributed by atoms with Crippen LogP contribution in [0.3, 0.4) is 0 Å². The summed E-state index contributed by atoms with van der Waals surface area (Å²) in [5.74, 6) is 0. The van der Waals surface area contributed by atoms with Gasteiger partial charge in [0.2, 0.25) is 0 Å². The third kappa shape index (κ3) is 4.04. The molecule has 88 valence electrons. The van der Waals surface area contributed by atoms with Crippen LogP contribution in [0.4, 0.5) is 5.69 Å². The van der Waals surface area contributed by atoms with E-state index in [0.717, 1.165) is 5.56 Å². The van der Waals surface area contributed by atoms with Gasteiger partial charge in [0.25, 0.3) is 0 Å². The van der Waals surface area contributed by atoms with E-state index in [9.17, 15) is 0 Å². The monoisotopic (exact) mass is 220 g/mol. The fourth-order valence-electron chi connectivity index (χ4n) is 1.34. The second-order valence-corrected chi connectivity index (χ2v) is 4.07. The molecule has 1 aromatic carbocycles. The highest BCUT2D eigenvalue weighted by atomic mass is 16.3. The molecule has 0 radical (unpaired) electrons. The Bertz CT molecular complexity index is 330. The molecule has 0 saturated heterocycles. The van der Waals surface area contributed by atoms with Crippen LogP contribution in [0.2, 0.25) is 0 Å². The quantitative estimate of drug-likeness (QED) is 0.790. The molecule has 0 saturated carbocycles. The topological polar surface area (TPSA) is 49.5 Å². The van der Waals surface area contributed by atoms with Gasteiger partial charge in [-0.2, -0.15) is 0 Å². The van der Waals surface area contributed by atoms with Gasteiger partial charge >= 0.3 is 0 Å². The van der Waals surface area contributed by atoms with Crippen LogP contribution < -0.4 is 10.6 Å². The normalized spacial score (nSPS) is 13.0. The zero-order valence-corrected chi connectivity index (χ0v) is 9.93. The lowest BCUT2D eigenvalue weighted by atomic mass is 10.1. The third-order valence-corrected chi connectivity index (χ3v) is 2.39. The average molecular weight is 220 g/mol. The van der Waals surface area contributed by atoms with Crippen LogP contribution in [-0.2, 0) is 0 Å². The minimum Gasteiger partial charge on any atom is -0.395 e. The predicted molar refractivity (Wildman–Crippen MR) is 69.5 cm³/mol. The molecule has 0 fully saturated rings. The van der Waals surface area contributed by atoms with Crippen molar-refractivity contribution in [1.29, 1.82) is 0 Å². The van der Waals surface area contributed by atoms with Gasteiger partial charge < -0.3 is 15.7 Å². The number of rotatable bonds is 5. The zero-order valence-electron chi connectivity index (χ0n) is 9.93. The highest BCUT2D eigenvalue weighted by Crippen LogP contribution is 2.13. The number of hydrogen-bond donors (Lipinski definition) is 2. The van der Waals surface area contributed by atoms with E-state index in [2.05, 4.69) is 29.2 Å². The van der Waals surface area contributed by atoms with Gasteiger partial charge in [0, 0.05) is 25.8 Å². The first-order valence-corrected chi connectivity index (χ1v) is 5.44. The standard InChI is InChI=1S/C13H20N2O/c1-15(2)13-8-6-11(7-9-13)4-3-5-12(14)10-16/h3-4,6-9,12,16H,5,10,14H2,1-2H3/b4-3+. The summed E-state index contributed by atoms with van der Waals surface area (Å²) in [6, 6.07) is 8.13. The third-order valence-electron chi connectivity index (χ3n) is 2.39. The molecule has 1 aromatic rings. The molecule has 0 aliphatic heterocycles. The molecular formula is C13H20N2O. The zero-order chi connectivity index (χ0) is 12.0. The lowest BCUT2D eigenvalue weighted by Gasteiger charge is -2.11. The van der Waals surface area contributed by atoms with Crippen molar-refractivity contribution in [3.63, 3.8) is 0 Å². The van der Waals surface area contributed by atoms with E-state index in [1.807, 2.05) is 26.2 Å². The second kappa shape index (κ2) is 6.30. The number of nitrogens with zero attached hydrogens (tertiary/aromatic N) is 1. The molecule has 0 amide bonds. The van der Waals surface area contributed by atoms with Crippen molar-refractivity contribution in [3.8, 4) is 0 Å². The Kier molecular flexibility index (Phi) is 5.02. The van der Waals surface area contributed by atoms with E-state index < -0.39 is 0 Å². The van der Waals surface area contributed by atoms with Crippen LogP contribution in [0.25, 0.3) is 6.08 Å². The lowest BCUT2D eigenvalue weighted by molar-refractivity contribution is 0.267. The Balaban J connectivity index is 2.55. The molecule has 3 nitrogen and oxygen atoms in total. The highest BCUT2D eigenvalue weighted by molar-refractivity contribution is 5.55. The van der Waals surface area contributed by atoms with Crippen LogP contribution in [0.15, 0.2) is 30.3 Å². The fraction of sp³-hybridized carbons (Fsp3) is 0.385. The molecule has 0 bridgehead atoms. The number of nitrogens with two attached hydrogens (primary N) is 1. The summed E-state index contributed by atoms with van der Waals surface area (Å²) in [4.78, 5) is 2.06. The van der Waals surface area contributed by atoms with Crippen molar-refractivity contribution in [1.82, 2.24) is 0 Å². The lowest BCUT2D eigenvalue weighted by Crippen LogP contribution is -2.22. The Morgan fingerprint density at radius 2 is 1.94 bits per heavy atom. The van der Waals surface area contributed by atoms with E-state index in [4.69, 9.17) is 10.8 Å². The smallest absolute Gasteiger partial charge is 0.0585 e. The van der Waals surface area contributed by atoms with Crippen molar-refractivity contribution in [3.05, 3.63) is 35.9 Å². The SMILES string of the molecule is CN(C)c1ccc(/C=C/CC(N)CO)cc1. The molecule has 0 aliphatic carbocycles. The van der Waals surface area contributed by atoms with E-state index in [1.165, 1.54) is 5.69 Å². The summed E-state index contributed by atoms with van der Waals surface area (Å²) in [5, 5.41) is 8.77. The average Bonchev–Trinajstić information content (AvgIpc) is 2.29. The minimum atomic E-state index is -0.155. The number of benzene rings is 1. The van der Waals surface area contributed by atoms with Gasteiger partial charge in [-0.05, 0) is 24.1 Å². The van der Waals surface area contributed by atoms with Gasteiger partial charge in [-0.15, -0.1) is 0 Å². The maximum Gasteiger partial charge on any atom is 0.0585 e. The van der Waals surface area contributed by atoms with Crippen LogP contribution in [-0.4, -0.2) is 31.9 Å². The van der Waals surface area contributed by atoms with Gasteiger partial charge in [0.05, 0.1) is 6.61 Å². The van der Waals surface area contributed by atoms with Crippen molar-refractivity contribution in [2.45, 2.75) is 12.5 Å². The first-order chi connectivity index (χ1) is 7.63. The second-order valence-electron chi connectivity index (χ2n) is 4.07. The van der Waals surface area contributed by atoms with E-state index in [-0.39, 0.29) is 12.6 Å². The molecule has 16 heavy (non-hydrogen) atoms. The molecule has 3 heteroatoms. The summed E-state index contributed by atoms with van der Waals surface area (Å²) in [6.07, 6.45) is 4.71. The highest BCUT2D eigenvalue weighted by Gasteiger charge is 1.96. The predicted octanol–water partition coefficient (Wildman–Crippen LogP) is 1.48. The van der Waals surface area contributed by atoms with Crippen LogP contribution >= 0.6 is 0 Å². The largest absolute Gasteiger partial charge is 0.395 e. The molecular weight excluding hydrogens is 200 g/mol. The van der Waals surface area contributed by atoms with Gasteiger partial charge in [-0.25, -0.2) is 0 Å². The van der Waals surface area contributed by atoms with Crippen molar-refractivity contribution in [2.24, 2.45) is 5.73 Å². The van der Waals surface area contributed by atoms with Crippen LogP contribution in [0.5, 0.6) is 0 Å². The Morgan fingerprint density at radius 3 is 2.44 bits per heavy atom. The number of aliphatic hydroxyl groups excluding tert-OH is 1. The molecule has 3 N–H and O–H groups in total. The summed E-state index contributed by atoms with van der Waals surface area (Å²) in [6.45, 7) is 0.0317. The van der Waals surface area contributed by atoms with Gasteiger partial charge in [0.15, 0.2) is 0 Å². The number of aliphatic hydroxyl groups is 1. The summed E-state index contributed by atoms with van der Waals surface area (Å²) >= 11 is 0. The summed E-state index contributed by atoms with van der Waals surface area (Å²) in [7, 11) is 4.04. The van der Waals surface area contributed by atoms with E-state index in [0.29, 0.717) is 6.42 Å². The maximum absolute atomic E-state index is 8.77. The van der Waals surface area contributed by atoms with Crippen LogP contribution in [0, 0.1) is 0 Å². The van der Waals surface area contributed by atoms with Gasteiger partial charge in [-0.3, -0.25) is 0 Å². The van der Waals surface area contributed by atoms with E-state index in [1.54, 1.807) is 0 Å². The molecule has 1 atom stereocenters. The Labute approximate surface area is 97.2 Å². The number of hydrogen-bond acceptors (Lipinski definition) is 3. The van der Waals surface area contributed by atoms with Gasteiger partial charge in [-0.1, -0.05) is 24.3 Å². The molecule has 0 spiro atoms. The van der Waals surface area contributed by atoms with Crippen LogP contribution in [0.1, 0.15) is 12.0 Å². The summed E-state index contributed by atoms with van der Waals surface area (Å²) in [5.41, 5.74) is 7.93. The van der Waals surface area contributed by atoms with Crippen molar-refractivity contribution < 1.29 is 5.11 Å². The molecule has 1 rings (SSSR count). The Hall–Kier alpha value is -1.32. The first-order valence-electron chi connectivity index (χ1n) is 5.44. The molecule has 0 heterocycles. The first kappa shape index (κ1) is 12.7. The van der Waals surface area contributed by atoms with E-state index >= 15 is 0 Å². The molecule has 0 aliphatic rings. The minimum absolute atomic E-state index is 0.0317.